The molecule has 4 saturated carbocycles. The lowest BCUT2D eigenvalue weighted by Gasteiger charge is -2.71. The van der Waals surface area contributed by atoms with Crippen molar-refractivity contribution in [1.82, 2.24) is 0 Å². The molecule has 0 aliphatic heterocycles. The highest BCUT2D eigenvalue weighted by molar-refractivity contribution is 5.76. The molecular weight excluding hydrogens is 426 g/mol. The van der Waals surface area contributed by atoms with E-state index in [1.807, 2.05) is 0 Å². The van der Waals surface area contributed by atoms with Gasteiger partial charge in [-0.2, -0.15) is 0 Å². The largest absolute Gasteiger partial charge is 0.481 e. The minimum Gasteiger partial charge on any atom is -0.481 e. The molecule has 5 nitrogen and oxygen atoms in total. The Hall–Kier alpha value is -0.910. The zero-order chi connectivity index (χ0) is 25.1. The van der Waals surface area contributed by atoms with Crippen molar-refractivity contribution >= 4 is 5.97 Å². The molecule has 4 fully saturated rings. The van der Waals surface area contributed by atoms with Gasteiger partial charge in [-0.3, -0.25) is 4.79 Å². The van der Waals surface area contributed by atoms with E-state index in [2.05, 4.69) is 47.6 Å². The van der Waals surface area contributed by atoms with Crippen LogP contribution in [0.3, 0.4) is 0 Å². The average Bonchev–Trinajstić information content (AvgIpc) is 2.75. The zero-order valence-electron chi connectivity index (χ0n) is 22.1. The Morgan fingerprint density at radius 1 is 1.00 bits per heavy atom. The Labute approximate surface area is 205 Å². The molecule has 0 bridgehead atoms. The number of rotatable bonds is 1. The molecule has 0 spiro atoms. The van der Waals surface area contributed by atoms with Gasteiger partial charge < -0.3 is 21.1 Å². The van der Waals surface area contributed by atoms with Gasteiger partial charge in [0.15, 0.2) is 0 Å². The van der Waals surface area contributed by atoms with Crippen LogP contribution >= 0.6 is 0 Å². The van der Waals surface area contributed by atoms with Crippen molar-refractivity contribution in [1.29, 1.82) is 0 Å². The van der Waals surface area contributed by atoms with E-state index in [0.29, 0.717) is 24.7 Å². The summed E-state index contributed by atoms with van der Waals surface area (Å²) in [5, 5.41) is 32.3. The highest BCUT2D eigenvalue weighted by atomic mass is 16.4. The summed E-state index contributed by atoms with van der Waals surface area (Å²) in [7, 11) is 0. The maximum absolute atomic E-state index is 12.8. The number of hydrogen-bond donors (Lipinski definition) is 4. The maximum Gasteiger partial charge on any atom is 0.310 e. The maximum atomic E-state index is 12.8. The van der Waals surface area contributed by atoms with E-state index < -0.39 is 23.6 Å². The van der Waals surface area contributed by atoms with Crippen LogP contribution in [0.4, 0.5) is 0 Å². The molecule has 0 saturated heterocycles. The second-order valence-electron chi connectivity index (χ2n) is 14.3. The third kappa shape index (κ3) is 2.75. The lowest BCUT2D eigenvalue weighted by molar-refractivity contribution is -0.232. The highest BCUT2D eigenvalue weighted by Gasteiger charge is 2.70. The SMILES string of the molecule is C[C@H]1C(N)CC[C@]2(C(=O)O)CCC3(C)C(=CCC4C5(C)C[C@H](O)[C@H](O)C(C)(C)C5CCC43C)C12. The topological polar surface area (TPSA) is 104 Å². The van der Waals surface area contributed by atoms with Crippen LogP contribution in [0.15, 0.2) is 11.6 Å². The van der Waals surface area contributed by atoms with E-state index in [9.17, 15) is 20.1 Å². The number of nitrogens with two attached hydrogens (primary N) is 1. The van der Waals surface area contributed by atoms with Crippen molar-refractivity contribution in [2.24, 2.45) is 56.5 Å². The molecule has 7 unspecified atom stereocenters. The summed E-state index contributed by atoms with van der Waals surface area (Å²) in [6, 6.07) is 0.0512. The third-order valence-corrected chi connectivity index (χ3v) is 13.0. The fourth-order valence-corrected chi connectivity index (χ4v) is 10.9. The number of aliphatic carboxylic acids is 1. The van der Waals surface area contributed by atoms with E-state index in [-0.39, 0.29) is 39.5 Å². The van der Waals surface area contributed by atoms with Crippen molar-refractivity contribution in [3.63, 3.8) is 0 Å². The van der Waals surface area contributed by atoms with Crippen LogP contribution in [0.2, 0.25) is 0 Å². The normalized spacial score (nSPS) is 56.3. The van der Waals surface area contributed by atoms with Crippen molar-refractivity contribution in [3.8, 4) is 0 Å². The van der Waals surface area contributed by atoms with E-state index in [4.69, 9.17) is 5.73 Å². The molecule has 5 N–H and O–H groups in total. The summed E-state index contributed by atoms with van der Waals surface area (Å²) in [6.45, 7) is 13.7. The first-order valence-corrected chi connectivity index (χ1v) is 13.7. The van der Waals surface area contributed by atoms with Gasteiger partial charge in [-0.15, -0.1) is 0 Å². The molecule has 5 rings (SSSR count). The number of aliphatic hydroxyl groups excluding tert-OH is 2. The fraction of sp³-hybridized carbons (Fsp3) is 0.897. The Morgan fingerprint density at radius 2 is 1.68 bits per heavy atom. The van der Waals surface area contributed by atoms with Crippen LogP contribution in [0, 0.1) is 50.7 Å². The molecule has 34 heavy (non-hydrogen) atoms. The predicted molar refractivity (Wildman–Crippen MR) is 133 cm³/mol. The first-order valence-electron chi connectivity index (χ1n) is 13.7. The summed E-state index contributed by atoms with van der Waals surface area (Å²) in [4.78, 5) is 12.8. The molecule has 0 aromatic rings. The zero-order valence-corrected chi connectivity index (χ0v) is 22.1. The summed E-state index contributed by atoms with van der Waals surface area (Å²) in [5.74, 6) is 0.297. The minimum atomic E-state index is -0.695. The number of hydrogen-bond acceptors (Lipinski definition) is 4. The number of aliphatic hydroxyl groups is 2. The number of fused-ring (bicyclic) bond motifs is 7. The van der Waals surface area contributed by atoms with Gasteiger partial charge in [0, 0.05) is 12.0 Å². The van der Waals surface area contributed by atoms with Gasteiger partial charge in [0.05, 0.1) is 17.6 Å². The lowest BCUT2D eigenvalue weighted by Crippen LogP contribution is -2.67. The van der Waals surface area contributed by atoms with E-state index >= 15 is 0 Å². The average molecular weight is 474 g/mol. The van der Waals surface area contributed by atoms with E-state index in [1.165, 1.54) is 5.57 Å². The standard InChI is InChI=1S/C29H47NO4/c1-16-18(30)9-12-29(24(33)34)14-13-27(5)17(22(16)29)7-8-21-26(4)15-19(31)23(32)25(2,3)20(26)10-11-28(21,27)6/h7,16,18-23,31-32H,8-15,30H2,1-6H3,(H,33,34)/t16-,18?,19-,20?,21?,22?,23-,26?,27?,28?,29-/m0/s1. The van der Waals surface area contributed by atoms with Crippen LogP contribution in [-0.4, -0.2) is 39.5 Å². The van der Waals surface area contributed by atoms with Gasteiger partial charge in [0.1, 0.15) is 0 Å². The monoisotopic (exact) mass is 473 g/mol. The summed E-state index contributed by atoms with van der Waals surface area (Å²) >= 11 is 0. The van der Waals surface area contributed by atoms with Crippen molar-refractivity contribution < 1.29 is 20.1 Å². The number of carboxylic acid groups (broad SMARTS) is 1. The first kappa shape index (κ1) is 24.8. The molecule has 192 valence electrons. The molecule has 5 heteroatoms. The molecular formula is C29H47NO4. The predicted octanol–water partition coefficient (Wildman–Crippen LogP) is 4.75. The van der Waals surface area contributed by atoms with Crippen LogP contribution < -0.4 is 5.73 Å². The van der Waals surface area contributed by atoms with Crippen LogP contribution in [0.5, 0.6) is 0 Å². The Morgan fingerprint density at radius 3 is 2.32 bits per heavy atom. The highest BCUT2D eigenvalue weighted by Crippen LogP contribution is 2.75. The summed E-state index contributed by atoms with van der Waals surface area (Å²) in [6.07, 6.45) is 7.88. The molecule has 0 heterocycles. The molecule has 5 aliphatic rings. The molecule has 11 atom stereocenters. The Bertz CT molecular complexity index is 914. The fourth-order valence-electron chi connectivity index (χ4n) is 10.9. The summed E-state index contributed by atoms with van der Waals surface area (Å²) < 4.78 is 0. The van der Waals surface area contributed by atoms with Gasteiger partial charge in [0.25, 0.3) is 0 Å². The van der Waals surface area contributed by atoms with Crippen LogP contribution in [0.1, 0.15) is 92.9 Å². The van der Waals surface area contributed by atoms with E-state index in [1.54, 1.807) is 0 Å². The quantitative estimate of drug-likeness (QED) is 0.412. The third-order valence-electron chi connectivity index (χ3n) is 13.0. The van der Waals surface area contributed by atoms with E-state index in [0.717, 1.165) is 38.5 Å². The van der Waals surface area contributed by atoms with Gasteiger partial charge in [-0.1, -0.05) is 53.2 Å². The van der Waals surface area contributed by atoms with Crippen LogP contribution in [-0.2, 0) is 4.79 Å². The Balaban J connectivity index is 1.62. The second kappa shape index (κ2) is 7.32. The number of carbonyl (C=O) groups is 1. The number of allylic oxidation sites excluding steroid dienone is 2. The van der Waals surface area contributed by atoms with Gasteiger partial charge in [0.2, 0.25) is 0 Å². The molecule has 5 aliphatic carbocycles. The van der Waals surface area contributed by atoms with Crippen molar-refractivity contribution in [3.05, 3.63) is 11.6 Å². The second-order valence-corrected chi connectivity index (χ2v) is 14.3. The van der Waals surface area contributed by atoms with Crippen molar-refractivity contribution in [2.75, 3.05) is 0 Å². The number of carboxylic acids is 1. The van der Waals surface area contributed by atoms with Gasteiger partial charge >= 0.3 is 5.97 Å². The Kier molecular flexibility index (Phi) is 5.33. The van der Waals surface area contributed by atoms with Crippen molar-refractivity contribution in [2.45, 2.75) is 111 Å². The molecule has 0 radical (unpaired) electrons. The molecule has 0 aromatic carbocycles. The van der Waals surface area contributed by atoms with Crippen LogP contribution in [0.25, 0.3) is 0 Å². The first-order chi connectivity index (χ1) is 15.7. The molecule has 0 amide bonds. The molecule has 0 aromatic heterocycles. The van der Waals surface area contributed by atoms with Gasteiger partial charge in [-0.25, -0.2) is 0 Å². The summed E-state index contributed by atoms with van der Waals surface area (Å²) in [5.41, 5.74) is 6.85. The minimum absolute atomic E-state index is 0.00557. The smallest absolute Gasteiger partial charge is 0.310 e. The lowest BCUT2D eigenvalue weighted by atomic mass is 9.33. The van der Waals surface area contributed by atoms with Gasteiger partial charge in [-0.05, 0) is 90.8 Å².